The zero-order valence-corrected chi connectivity index (χ0v) is 8.36. The van der Waals surface area contributed by atoms with E-state index in [-0.39, 0.29) is 0 Å². The fraction of sp³-hybridized carbons (Fsp3) is 0.500. The molecule has 0 aliphatic heterocycles. The summed E-state index contributed by atoms with van der Waals surface area (Å²) in [6.07, 6.45) is 0. The Morgan fingerprint density at radius 2 is 1.71 bits per heavy atom. The summed E-state index contributed by atoms with van der Waals surface area (Å²) < 4.78 is 18.7. The molecule has 0 radical (unpaired) electrons. The Labute approximate surface area is 63.0 Å². The van der Waals surface area contributed by atoms with Crippen LogP contribution < -0.4 is 0 Å². The van der Waals surface area contributed by atoms with Crippen molar-refractivity contribution in [2.45, 2.75) is 8.61 Å². The summed E-state index contributed by atoms with van der Waals surface area (Å²) in [6.45, 7) is 1.60. The molecule has 0 amide bonds. The van der Waals surface area contributed by atoms with Crippen LogP contribution in [0.1, 0.15) is 6.92 Å². The third-order valence-corrected chi connectivity index (χ3v) is 7.02. The summed E-state index contributed by atoms with van der Waals surface area (Å²) in [4.78, 5) is 0. The minimum atomic E-state index is -0.919. The molecule has 0 atom stereocenters. The quantitative estimate of drug-likeness (QED) is 0.540. The molecule has 0 saturated carbocycles. The van der Waals surface area contributed by atoms with Crippen LogP contribution in [0.15, 0.2) is 0 Å². The standard InChI is InChI=1S/C4H7FI2/c1-4(5,6-2)7-3/h2-3H2,1H3. The lowest BCUT2D eigenvalue weighted by molar-refractivity contribution is 0.485. The maximum Gasteiger partial charge on any atom is 0.197 e. The molecule has 0 aliphatic carbocycles. The molecule has 0 heterocycles. The van der Waals surface area contributed by atoms with Gasteiger partial charge in [-0.25, -0.2) is 4.39 Å². The highest BCUT2D eigenvalue weighted by Gasteiger charge is 2.12. The maximum atomic E-state index is 12.5. The first-order chi connectivity index (χ1) is 3.12. The Morgan fingerprint density at radius 3 is 1.71 bits per heavy atom. The van der Waals surface area contributed by atoms with Gasteiger partial charge in [0.15, 0.2) is 1.68 Å². The van der Waals surface area contributed by atoms with Gasteiger partial charge in [-0.1, -0.05) is 50.5 Å². The SMILES string of the molecule is C=IC(C)(F)I=C. The van der Waals surface area contributed by atoms with Crippen LogP contribution in [0, 0.1) is 0 Å². The predicted molar refractivity (Wildman–Crippen MR) is 51.8 cm³/mol. The van der Waals surface area contributed by atoms with Crippen molar-refractivity contribution in [3.63, 3.8) is 0 Å². The molecule has 0 nitrogen and oxygen atoms in total. The van der Waals surface area contributed by atoms with E-state index >= 15 is 0 Å². The molecule has 0 unspecified atom stereocenters. The van der Waals surface area contributed by atoms with Crippen molar-refractivity contribution in [3.8, 4) is 0 Å². The number of hydrogen-bond acceptors (Lipinski definition) is 0. The molecule has 44 valence electrons. The van der Waals surface area contributed by atoms with Gasteiger partial charge >= 0.3 is 0 Å². The van der Waals surface area contributed by atoms with E-state index in [9.17, 15) is 4.39 Å². The fourth-order valence-corrected chi connectivity index (χ4v) is 1.61. The van der Waals surface area contributed by atoms with Crippen LogP contribution in [0.25, 0.3) is 0 Å². The molecule has 0 aromatic heterocycles. The van der Waals surface area contributed by atoms with Crippen LogP contribution in [0.4, 0.5) is 4.39 Å². The molecule has 0 aromatic carbocycles. The second kappa shape index (κ2) is 3.21. The van der Waals surface area contributed by atoms with Crippen molar-refractivity contribution in [2.75, 3.05) is 0 Å². The summed E-state index contributed by atoms with van der Waals surface area (Å²) in [5.41, 5.74) is 0. The maximum absolute atomic E-state index is 12.5. The minimum Gasteiger partial charge on any atom is -0.222 e. The Bertz CT molecular complexity index is 77.7. The zero-order valence-electron chi connectivity index (χ0n) is 4.05. The van der Waals surface area contributed by atoms with Crippen molar-refractivity contribution >= 4 is 50.5 Å². The van der Waals surface area contributed by atoms with E-state index in [4.69, 9.17) is 0 Å². The van der Waals surface area contributed by atoms with E-state index in [1.165, 1.54) is 0 Å². The predicted octanol–water partition coefficient (Wildman–Crippen LogP) is 2.44. The molecule has 0 saturated heterocycles. The van der Waals surface area contributed by atoms with Gasteiger partial charge < -0.3 is 0 Å². The third-order valence-electron chi connectivity index (χ3n) is 0.469. The number of rotatable bonds is 2. The molecule has 0 fully saturated rings. The highest BCUT2D eigenvalue weighted by Crippen LogP contribution is 2.35. The van der Waals surface area contributed by atoms with Gasteiger partial charge in [-0.15, -0.1) is 0 Å². The molecule has 0 aromatic rings. The lowest BCUT2D eigenvalue weighted by Crippen LogP contribution is -1.92. The molecule has 0 spiro atoms. The molecular formula is C4H7FI2. The molecule has 0 rings (SSSR count). The smallest absolute Gasteiger partial charge is 0.197 e. The largest absolute Gasteiger partial charge is 0.222 e. The molecular weight excluding hydrogens is 321 g/mol. The van der Waals surface area contributed by atoms with E-state index in [2.05, 4.69) is 9.03 Å². The average Bonchev–Trinajstić information content (AvgIpc) is 1.68. The van der Waals surface area contributed by atoms with Gasteiger partial charge in [0.25, 0.3) is 0 Å². The lowest BCUT2D eigenvalue weighted by atomic mass is 10.9. The number of hydrogen-bond donors (Lipinski definition) is 0. The van der Waals surface area contributed by atoms with Crippen molar-refractivity contribution in [1.82, 2.24) is 0 Å². The van der Waals surface area contributed by atoms with Crippen LogP contribution in [0.3, 0.4) is 0 Å². The second-order valence-corrected chi connectivity index (χ2v) is 8.69. The van der Waals surface area contributed by atoms with Crippen molar-refractivity contribution in [1.29, 1.82) is 0 Å². The van der Waals surface area contributed by atoms with Gasteiger partial charge in [0.1, 0.15) is 0 Å². The van der Waals surface area contributed by atoms with Crippen LogP contribution >= 0.6 is 41.5 Å². The molecule has 0 bridgehead atoms. The Kier molecular flexibility index (Phi) is 3.73. The van der Waals surface area contributed by atoms with E-state index in [1.54, 1.807) is 6.92 Å². The van der Waals surface area contributed by atoms with E-state index < -0.39 is 43.1 Å². The summed E-state index contributed by atoms with van der Waals surface area (Å²) in [5.74, 6) is 0. The van der Waals surface area contributed by atoms with Gasteiger partial charge in [-0.2, -0.15) is 0 Å². The molecule has 3 heteroatoms. The first kappa shape index (κ1) is 8.13. The zero-order chi connectivity index (χ0) is 5.91. The normalized spacial score (nSPS) is 11.7. The Balaban J connectivity index is 3.82. The number of alkyl halides is 3. The van der Waals surface area contributed by atoms with Gasteiger partial charge in [-0.05, 0) is 6.92 Å². The lowest BCUT2D eigenvalue weighted by Gasteiger charge is -2.03. The summed E-state index contributed by atoms with van der Waals surface area (Å²) in [6, 6.07) is 0. The first-order valence-electron chi connectivity index (χ1n) is 1.60. The Hall–Kier alpha value is 1.13. The van der Waals surface area contributed by atoms with Gasteiger partial charge in [-0.3, -0.25) is 0 Å². The van der Waals surface area contributed by atoms with E-state index in [1.807, 2.05) is 0 Å². The first-order valence-corrected chi connectivity index (χ1v) is 6.81. The van der Waals surface area contributed by atoms with Crippen LogP contribution in [-0.4, -0.2) is 10.7 Å². The minimum absolute atomic E-state index is 0.469. The van der Waals surface area contributed by atoms with E-state index in [0.717, 1.165) is 0 Å². The van der Waals surface area contributed by atoms with Gasteiger partial charge in [0.05, 0.1) is 0 Å². The monoisotopic (exact) mass is 328 g/mol. The molecule has 0 aliphatic rings. The van der Waals surface area contributed by atoms with Crippen molar-refractivity contribution in [3.05, 3.63) is 0 Å². The van der Waals surface area contributed by atoms with Crippen molar-refractivity contribution < 1.29 is 4.39 Å². The molecule has 0 N–H and O–H groups in total. The summed E-state index contributed by atoms with van der Waals surface area (Å²) >= 11 is -0.939. The van der Waals surface area contributed by atoms with Crippen LogP contribution in [-0.2, 0) is 0 Å². The van der Waals surface area contributed by atoms with E-state index in [0.29, 0.717) is 0 Å². The summed E-state index contributed by atoms with van der Waals surface area (Å²) in [5, 5.41) is 0. The van der Waals surface area contributed by atoms with Crippen LogP contribution in [0.2, 0.25) is 0 Å². The highest BCUT2D eigenvalue weighted by molar-refractivity contribution is 14.3. The second-order valence-electron chi connectivity index (χ2n) is 1.05. The third kappa shape index (κ3) is 3.69. The fourth-order valence-electron chi connectivity index (χ4n) is 0.0357. The molecule has 7 heavy (non-hydrogen) atoms. The highest BCUT2D eigenvalue weighted by atomic mass is 127. The number of halogens is 3. The Morgan fingerprint density at radius 1 is 1.43 bits per heavy atom. The topological polar surface area (TPSA) is 0 Å². The van der Waals surface area contributed by atoms with Gasteiger partial charge in [0.2, 0.25) is 0 Å². The van der Waals surface area contributed by atoms with Gasteiger partial charge in [0, 0.05) is 0 Å². The van der Waals surface area contributed by atoms with Crippen LogP contribution in [0.5, 0.6) is 0 Å². The average molecular weight is 328 g/mol. The van der Waals surface area contributed by atoms with Crippen molar-refractivity contribution in [2.24, 2.45) is 0 Å². The summed E-state index contributed by atoms with van der Waals surface area (Å²) in [7, 11) is 0.